The van der Waals surface area contributed by atoms with Crippen molar-refractivity contribution in [2.24, 2.45) is 5.73 Å². The van der Waals surface area contributed by atoms with Crippen LogP contribution >= 0.6 is 0 Å². The molecule has 0 aliphatic rings. The van der Waals surface area contributed by atoms with Gasteiger partial charge in [0.2, 0.25) is 0 Å². The highest BCUT2D eigenvalue weighted by molar-refractivity contribution is 5.81. The van der Waals surface area contributed by atoms with Gasteiger partial charge in [0.15, 0.2) is 5.76 Å². The molecule has 1 aromatic carbocycles. The van der Waals surface area contributed by atoms with Gasteiger partial charge >= 0.3 is 6.18 Å². The number of hydrogen-bond acceptors (Lipinski definition) is 3. The molecule has 0 saturated heterocycles. The van der Waals surface area contributed by atoms with Crippen molar-refractivity contribution in [3.63, 3.8) is 0 Å². The summed E-state index contributed by atoms with van der Waals surface area (Å²) in [5.74, 6) is 0.260. The number of fused-ring (bicyclic) bond motifs is 1. The summed E-state index contributed by atoms with van der Waals surface area (Å²) in [5, 5.41) is 3.90. The first-order chi connectivity index (χ1) is 7.02. The molecule has 2 rings (SSSR count). The Labute approximate surface area is 82.6 Å². The fourth-order valence-electron chi connectivity index (χ4n) is 1.32. The minimum Gasteiger partial charge on any atom is -0.359 e. The molecule has 2 N–H and O–H groups in total. The molecule has 0 bridgehead atoms. The maximum Gasteiger partial charge on any atom is 0.416 e. The monoisotopic (exact) mass is 216 g/mol. The highest BCUT2D eigenvalue weighted by Gasteiger charge is 2.31. The number of nitrogens with two attached hydrogens (primary N) is 1. The molecular weight excluding hydrogens is 209 g/mol. The smallest absolute Gasteiger partial charge is 0.359 e. The normalized spacial score (nSPS) is 12.3. The lowest BCUT2D eigenvalue weighted by Gasteiger charge is -2.05. The third-order valence-electron chi connectivity index (χ3n) is 2.06. The summed E-state index contributed by atoms with van der Waals surface area (Å²) >= 11 is 0. The van der Waals surface area contributed by atoms with Crippen LogP contribution in [0.5, 0.6) is 0 Å². The Morgan fingerprint density at radius 3 is 2.67 bits per heavy atom. The van der Waals surface area contributed by atoms with Gasteiger partial charge in [-0.1, -0.05) is 5.16 Å². The van der Waals surface area contributed by atoms with Crippen LogP contribution in [0.25, 0.3) is 10.9 Å². The van der Waals surface area contributed by atoms with Crippen LogP contribution in [0.3, 0.4) is 0 Å². The van der Waals surface area contributed by atoms with E-state index < -0.39 is 11.7 Å². The van der Waals surface area contributed by atoms with E-state index in [-0.39, 0.29) is 12.3 Å². The molecule has 0 radical (unpaired) electrons. The van der Waals surface area contributed by atoms with Gasteiger partial charge in [-0.05, 0) is 18.2 Å². The van der Waals surface area contributed by atoms with Crippen LogP contribution in [0, 0.1) is 0 Å². The first kappa shape index (κ1) is 9.97. The maximum absolute atomic E-state index is 12.4. The van der Waals surface area contributed by atoms with Crippen molar-refractivity contribution in [3.05, 3.63) is 29.5 Å². The van der Waals surface area contributed by atoms with E-state index in [1.54, 1.807) is 0 Å². The van der Waals surface area contributed by atoms with Gasteiger partial charge in [-0.2, -0.15) is 13.2 Å². The molecule has 0 aliphatic heterocycles. The number of hydrogen-bond donors (Lipinski definition) is 1. The Morgan fingerprint density at radius 2 is 2.07 bits per heavy atom. The zero-order chi connectivity index (χ0) is 11.1. The standard InChI is InChI=1S/C9H7F3N2O/c10-9(11,12)5-1-2-7-6(3-5)8(4-13)15-14-7/h1-3H,4,13H2. The molecule has 0 atom stereocenters. The summed E-state index contributed by atoms with van der Waals surface area (Å²) in [6.07, 6.45) is -4.36. The second-order valence-electron chi connectivity index (χ2n) is 3.04. The number of halogens is 3. The van der Waals surface area contributed by atoms with Crippen molar-refractivity contribution >= 4 is 10.9 Å². The summed E-state index contributed by atoms with van der Waals surface area (Å²) in [5.41, 5.74) is 4.95. The maximum atomic E-state index is 12.4. The van der Waals surface area contributed by atoms with Crippen LogP contribution in [0.15, 0.2) is 22.7 Å². The molecule has 1 aromatic heterocycles. The Morgan fingerprint density at radius 1 is 1.33 bits per heavy atom. The van der Waals surface area contributed by atoms with Gasteiger partial charge in [-0.15, -0.1) is 0 Å². The molecule has 2 aromatic rings. The Balaban J connectivity index is 2.63. The van der Waals surface area contributed by atoms with Gasteiger partial charge < -0.3 is 10.3 Å². The number of rotatable bonds is 1. The highest BCUT2D eigenvalue weighted by atomic mass is 19.4. The lowest BCUT2D eigenvalue weighted by atomic mass is 10.1. The van der Waals surface area contributed by atoms with Crippen molar-refractivity contribution in [3.8, 4) is 0 Å². The van der Waals surface area contributed by atoms with Crippen LogP contribution in [0.4, 0.5) is 13.2 Å². The molecule has 3 nitrogen and oxygen atoms in total. The predicted octanol–water partition coefficient (Wildman–Crippen LogP) is 2.31. The Bertz CT molecular complexity index is 490. The molecule has 0 amide bonds. The second-order valence-corrected chi connectivity index (χ2v) is 3.04. The quantitative estimate of drug-likeness (QED) is 0.795. The van der Waals surface area contributed by atoms with E-state index >= 15 is 0 Å². The molecule has 15 heavy (non-hydrogen) atoms. The summed E-state index contributed by atoms with van der Waals surface area (Å²) in [6.45, 7) is 0.0256. The van der Waals surface area contributed by atoms with E-state index in [9.17, 15) is 13.2 Å². The Kier molecular flexibility index (Phi) is 2.15. The third kappa shape index (κ3) is 1.68. The summed E-state index contributed by atoms with van der Waals surface area (Å²) in [6, 6.07) is 3.22. The third-order valence-corrected chi connectivity index (χ3v) is 2.06. The fourth-order valence-corrected chi connectivity index (χ4v) is 1.32. The van der Waals surface area contributed by atoms with Crippen molar-refractivity contribution in [1.29, 1.82) is 0 Å². The lowest BCUT2D eigenvalue weighted by Crippen LogP contribution is -2.04. The molecule has 0 saturated carbocycles. The largest absolute Gasteiger partial charge is 0.416 e. The first-order valence-corrected chi connectivity index (χ1v) is 4.18. The molecule has 0 aliphatic carbocycles. The summed E-state index contributed by atoms with van der Waals surface area (Å²) in [7, 11) is 0. The Hall–Kier alpha value is -1.56. The highest BCUT2D eigenvalue weighted by Crippen LogP contribution is 2.32. The van der Waals surface area contributed by atoms with Gasteiger partial charge in [-0.3, -0.25) is 0 Å². The zero-order valence-electron chi connectivity index (χ0n) is 7.51. The van der Waals surface area contributed by atoms with Gasteiger partial charge in [0, 0.05) is 5.39 Å². The van der Waals surface area contributed by atoms with E-state index in [4.69, 9.17) is 10.3 Å². The van der Waals surface area contributed by atoms with Crippen LogP contribution in [-0.4, -0.2) is 5.16 Å². The van der Waals surface area contributed by atoms with E-state index in [1.807, 2.05) is 0 Å². The van der Waals surface area contributed by atoms with Crippen LogP contribution in [0.1, 0.15) is 11.3 Å². The molecule has 0 fully saturated rings. The first-order valence-electron chi connectivity index (χ1n) is 4.18. The predicted molar refractivity (Wildman–Crippen MR) is 46.9 cm³/mol. The van der Waals surface area contributed by atoms with Gasteiger partial charge in [0.25, 0.3) is 0 Å². The summed E-state index contributed by atoms with van der Waals surface area (Å²) < 4.78 is 41.9. The number of benzene rings is 1. The molecular formula is C9H7F3N2O. The van der Waals surface area contributed by atoms with Gasteiger partial charge in [-0.25, -0.2) is 0 Å². The van der Waals surface area contributed by atoms with Crippen LogP contribution < -0.4 is 5.73 Å². The number of nitrogens with zero attached hydrogens (tertiary/aromatic N) is 1. The SMILES string of the molecule is NCc1onc2ccc(C(F)(F)F)cc12. The zero-order valence-corrected chi connectivity index (χ0v) is 7.51. The topological polar surface area (TPSA) is 52.0 Å². The average Bonchev–Trinajstić information content (AvgIpc) is 2.57. The molecule has 6 heteroatoms. The number of alkyl halides is 3. The van der Waals surface area contributed by atoms with E-state index in [0.29, 0.717) is 10.9 Å². The minimum atomic E-state index is -4.36. The van der Waals surface area contributed by atoms with Gasteiger partial charge in [0.1, 0.15) is 5.52 Å². The van der Waals surface area contributed by atoms with Crippen LogP contribution in [-0.2, 0) is 12.7 Å². The van der Waals surface area contributed by atoms with Crippen LogP contribution in [0.2, 0.25) is 0 Å². The van der Waals surface area contributed by atoms with E-state index in [2.05, 4.69) is 5.16 Å². The fraction of sp³-hybridized carbons (Fsp3) is 0.222. The second kappa shape index (κ2) is 3.23. The van der Waals surface area contributed by atoms with Crippen molar-refractivity contribution in [2.75, 3.05) is 0 Å². The summed E-state index contributed by atoms with van der Waals surface area (Å²) in [4.78, 5) is 0. The van der Waals surface area contributed by atoms with Crippen molar-refractivity contribution < 1.29 is 17.7 Å². The molecule has 80 valence electrons. The van der Waals surface area contributed by atoms with Crippen molar-refractivity contribution in [2.45, 2.75) is 12.7 Å². The van der Waals surface area contributed by atoms with Crippen molar-refractivity contribution in [1.82, 2.24) is 5.16 Å². The average molecular weight is 216 g/mol. The number of aromatic nitrogens is 1. The molecule has 0 spiro atoms. The minimum absolute atomic E-state index is 0.0256. The lowest BCUT2D eigenvalue weighted by molar-refractivity contribution is -0.137. The van der Waals surface area contributed by atoms with E-state index in [0.717, 1.165) is 12.1 Å². The van der Waals surface area contributed by atoms with Gasteiger partial charge in [0.05, 0.1) is 12.1 Å². The van der Waals surface area contributed by atoms with E-state index in [1.165, 1.54) is 6.07 Å². The molecule has 1 heterocycles. The molecule has 0 unspecified atom stereocenters.